The first-order valence-electron chi connectivity index (χ1n) is 9.26. The smallest absolute Gasteiger partial charge is 0.244 e. The fourth-order valence-corrected chi connectivity index (χ4v) is 3.12. The molecule has 0 aromatic heterocycles. The molecule has 31 heavy (non-hydrogen) atoms. The molecule has 5 nitrogen and oxygen atoms in total. The summed E-state index contributed by atoms with van der Waals surface area (Å²) in [6, 6.07) is 15.4. The van der Waals surface area contributed by atoms with Gasteiger partial charge in [0.2, 0.25) is 5.91 Å². The van der Waals surface area contributed by atoms with Crippen LogP contribution in [0.2, 0.25) is 0 Å². The molecule has 3 rings (SSSR count). The Kier molecular flexibility index (Phi) is 7.72. The third-order valence-corrected chi connectivity index (χ3v) is 4.98. The molecule has 0 saturated heterocycles. The van der Waals surface area contributed by atoms with Gasteiger partial charge in [-0.2, -0.15) is 5.10 Å². The Morgan fingerprint density at radius 1 is 1.10 bits per heavy atom. The van der Waals surface area contributed by atoms with Crippen molar-refractivity contribution in [3.05, 3.63) is 93.5 Å². The second-order valence-corrected chi connectivity index (χ2v) is 7.36. The number of hydrogen-bond acceptors (Lipinski definition) is 4. The van der Waals surface area contributed by atoms with E-state index in [0.717, 1.165) is 0 Å². The number of methoxy groups -OCH3 is 1. The number of carbonyl (C=O) groups excluding carboxylic acids is 1. The molecular formula is C23H19BrF2N2O3. The number of hydrazone groups is 1. The summed E-state index contributed by atoms with van der Waals surface area (Å²) < 4.78 is 38.4. The molecule has 0 heterocycles. The van der Waals surface area contributed by atoms with E-state index >= 15 is 0 Å². The molecule has 8 heteroatoms. The maximum Gasteiger partial charge on any atom is 0.244 e. The van der Waals surface area contributed by atoms with E-state index in [2.05, 4.69) is 26.5 Å². The number of ether oxygens (including phenoxy) is 2. The van der Waals surface area contributed by atoms with Crippen LogP contribution in [0.3, 0.4) is 0 Å². The summed E-state index contributed by atoms with van der Waals surface area (Å²) in [6.07, 6.45) is 1.53. The molecule has 160 valence electrons. The number of nitrogens with one attached hydrogen (secondary N) is 1. The average Bonchev–Trinajstić information content (AvgIpc) is 2.76. The quantitative estimate of drug-likeness (QED) is 0.358. The molecule has 0 fully saturated rings. The number of amides is 1. The molecule has 0 aliphatic carbocycles. The minimum Gasteiger partial charge on any atom is -0.493 e. The van der Waals surface area contributed by atoms with E-state index in [1.165, 1.54) is 31.5 Å². The Bertz CT molecular complexity index is 1090. The van der Waals surface area contributed by atoms with Crippen molar-refractivity contribution in [3.63, 3.8) is 0 Å². The predicted octanol–water partition coefficient (Wildman–Crippen LogP) is 5.01. The summed E-state index contributed by atoms with van der Waals surface area (Å²) in [5.74, 6) is -0.187. The number of halogens is 3. The van der Waals surface area contributed by atoms with Crippen LogP contribution in [0.5, 0.6) is 11.5 Å². The van der Waals surface area contributed by atoms with Crippen molar-refractivity contribution >= 4 is 28.1 Å². The molecule has 0 atom stereocenters. The fraction of sp³-hybridized carbons (Fsp3) is 0.130. The number of hydrogen-bond donors (Lipinski definition) is 1. The van der Waals surface area contributed by atoms with Gasteiger partial charge in [0.25, 0.3) is 0 Å². The van der Waals surface area contributed by atoms with E-state index < -0.39 is 0 Å². The van der Waals surface area contributed by atoms with Gasteiger partial charge >= 0.3 is 0 Å². The van der Waals surface area contributed by atoms with Crippen LogP contribution in [0.1, 0.15) is 16.7 Å². The standard InChI is InChI=1S/C23H19BrF2N2O3/c1-30-21-11-17(13-27-28-23(29)10-15-6-8-18(25)9-7-15)19(24)12-22(21)31-14-16-4-2-3-5-20(16)26/h2-9,11-13H,10,14H2,1H3,(H,28,29)/b27-13+. The lowest BCUT2D eigenvalue weighted by Crippen LogP contribution is -2.19. The Morgan fingerprint density at radius 2 is 1.84 bits per heavy atom. The first-order chi connectivity index (χ1) is 15.0. The van der Waals surface area contributed by atoms with Gasteiger partial charge in [0.1, 0.15) is 18.2 Å². The minimum absolute atomic E-state index is 0.0440. The van der Waals surface area contributed by atoms with Crippen LogP contribution < -0.4 is 14.9 Å². The zero-order valence-corrected chi connectivity index (χ0v) is 18.2. The van der Waals surface area contributed by atoms with Crippen molar-refractivity contribution in [2.45, 2.75) is 13.0 Å². The lowest BCUT2D eigenvalue weighted by molar-refractivity contribution is -0.120. The van der Waals surface area contributed by atoms with Crippen molar-refractivity contribution in [2.75, 3.05) is 7.11 Å². The second-order valence-electron chi connectivity index (χ2n) is 6.50. The van der Waals surface area contributed by atoms with E-state index in [0.29, 0.717) is 32.7 Å². The van der Waals surface area contributed by atoms with Gasteiger partial charge in [-0.25, -0.2) is 14.2 Å². The second kappa shape index (κ2) is 10.7. The van der Waals surface area contributed by atoms with E-state index in [4.69, 9.17) is 9.47 Å². The van der Waals surface area contributed by atoms with Gasteiger partial charge in [-0.05, 0) is 51.8 Å². The highest BCUT2D eigenvalue weighted by molar-refractivity contribution is 9.10. The van der Waals surface area contributed by atoms with Crippen LogP contribution in [0.4, 0.5) is 8.78 Å². The summed E-state index contributed by atoms with van der Waals surface area (Å²) in [7, 11) is 1.49. The summed E-state index contributed by atoms with van der Waals surface area (Å²) in [5, 5.41) is 3.95. The molecule has 0 unspecified atom stereocenters. The fourth-order valence-electron chi connectivity index (χ4n) is 2.69. The molecule has 0 saturated carbocycles. The molecule has 3 aromatic rings. The van der Waals surface area contributed by atoms with Gasteiger partial charge in [-0.15, -0.1) is 0 Å². The van der Waals surface area contributed by atoms with E-state index in [9.17, 15) is 13.6 Å². The van der Waals surface area contributed by atoms with Crippen LogP contribution in [-0.4, -0.2) is 19.2 Å². The summed E-state index contributed by atoms with van der Waals surface area (Å²) in [6.45, 7) is 0.0440. The van der Waals surface area contributed by atoms with Crippen LogP contribution in [0, 0.1) is 11.6 Å². The number of benzene rings is 3. The molecule has 3 aromatic carbocycles. The molecular weight excluding hydrogens is 470 g/mol. The Labute approximate surface area is 186 Å². The van der Waals surface area contributed by atoms with Gasteiger partial charge in [0.05, 0.1) is 19.7 Å². The number of carbonyl (C=O) groups is 1. The van der Waals surface area contributed by atoms with Gasteiger partial charge in [0, 0.05) is 15.6 Å². The Balaban J connectivity index is 1.64. The van der Waals surface area contributed by atoms with Gasteiger partial charge in [0.15, 0.2) is 11.5 Å². The zero-order valence-electron chi connectivity index (χ0n) is 16.6. The molecule has 1 N–H and O–H groups in total. The molecule has 1 amide bonds. The minimum atomic E-state index is -0.359. The number of nitrogens with zero attached hydrogens (tertiary/aromatic N) is 1. The lowest BCUT2D eigenvalue weighted by Gasteiger charge is -2.13. The maximum atomic E-state index is 13.8. The number of rotatable bonds is 8. The van der Waals surface area contributed by atoms with Crippen LogP contribution >= 0.6 is 15.9 Å². The SMILES string of the molecule is COc1cc(/C=N/NC(=O)Cc2ccc(F)cc2)c(Br)cc1OCc1ccccc1F. The summed E-state index contributed by atoms with van der Waals surface area (Å²) in [4.78, 5) is 12.0. The highest BCUT2D eigenvalue weighted by Crippen LogP contribution is 2.33. The van der Waals surface area contributed by atoms with Crippen molar-refractivity contribution < 1.29 is 23.0 Å². The van der Waals surface area contributed by atoms with Crippen molar-refractivity contribution in [1.82, 2.24) is 5.43 Å². The highest BCUT2D eigenvalue weighted by Gasteiger charge is 2.11. The zero-order chi connectivity index (χ0) is 22.2. The third kappa shape index (κ3) is 6.36. The first kappa shape index (κ1) is 22.4. The van der Waals surface area contributed by atoms with Crippen LogP contribution in [0.25, 0.3) is 0 Å². The van der Waals surface area contributed by atoms with Gasteiger partial charge in [-0.1, -0.05) is 30.3 Å². The van der Waals surface area contributed by atoms with Gasteiger partial charge < -0.3 is 9.47 Å². The lowest BCUT2D eigenvalue weighted by atomic mass is 10.1. The first-order valence-corrected chi connectivity index (χ1v) is 10.1. The largest absolute Gasteiger partial charge is 0.493 e. The predicted molar refractivity (Wildman–Crippen MR) is 117 cm³/mol. The van der Waals surface area contributed by atoms with Crippen molar-refractivity contribution in [2.24, 2.45) is 5.10 Å². The maximum absolute atomic E-state index is 13.8. The highest BCUT2D eigenvalue weighted by atomic mass is 79.9. The molecule has 0 spiro atoms. The van der Waals surface area contributed by atoms with Crippen molar-refractivity contribution in [3.8, 4) is 11.5 Å². The topological polar surface area (TPSA) is 59.9 Å². The normalized spacial score (nSPS) is 10.8. The molecule has 0 aliphatic rings. The van der Waals surface area contributed by atoms with Crippen LogP contribution in [0.15, 0.2) is 70.2 Å². The van der Waals surface area contributed by atoms with E-state index in [-0.39, 0.29) is 30.6 Å². The Morgan fingerprint density at radius 3 is 2.55 bits per heavy atom. The van der Waals surface area contributed by atoms with Gasteiger partial charge in [-0.3, -0.25) is 4.79 Å². The summed E-state index contributed by atoms with van der Waals surface area (Å²) >= 11 is 3.43. The van der Waals surface area contributed by atoms with Crippen LogP contribution in [-0.2, 0) is 17.8 Å². The summed E-state index contributed by atoms with van der Waals surface area (Å²) in [5.41, 5.74) is 4.17. The monoisotopic (exact) mass is 488 g/mol. The van der Waals surface area contributed by atoms with E-state index in [1.807, 2.05) is 0 Å². The average molecular weight is 489 g/mol. The molecule has 0 bridgehead atoms. The van der Waals surface area contributed by atoms with Crippen molar-refractivity contribution in [1.29, 1.82) is 0 Å². The molecule has 0 radical (unpaired) electrons. The molecule has 0 aliphatic heterocycles. The Hall–Kier alpha value is -3.26. The third-order valence-electron chi connectivity index (χ3n) is 4.29. The van der Waals surface area contributed by atoms with E-state index in [1.54, 1.807) is 42.5 Å².